The van der Waals surface area contributed by atoms with Crippen molar-refractivity contribution >= 4 is 23.1 Å². The lowest BCUT2D eigenvalue weighted by Gasteiger charge is -2.04. The van der Waals surface area contributed by atoms with Crippen LogP contribution in [0.25, 0.3) is 0 Å². The fourth-order valence-corrected chi connectivity index (χ4v) is 1.42. The van der Waals surface area contributed by atoms with E-state index < -0.39 is 0 Å². The number of rotatable bonds is 3. The molecule has 0 fully saturated rings. The Morgan fingerprint density at radius 3 is 2.71 bits per heavy atom. The molecule has 0 spiro atoms. The van der Waals surface area contributed by atoms with Crippen molar-refractivity contribution in [3.05, 3.63) is 41.3 Å². The number of aromatic nitrogens is 3. The van der Waals surface area contributed by atoms with Crippen LogP contribution in [0.4, 0.5) is 11.5 Å². The molecule has 2 aromatic rings. The fraction of sp³-hybridized carbons (Fsp3) is 0.0909. The highest BCUT2D eigenvalue weighted by Crippen LogP contribution is 2.15. The lowest BCUT2D eigenvalue weighted by molar-refractivity contribution is 0.974. The van der Waals surface area contributed by atoms with Gasteiger partial charge in [0, 0.05) is 5.69 Å². The first-order valence-corrected chi connectivity index (χ1v) is 5.24. The molecule has 17 heavy (non-hydrogen) atoms. The van der Waals surface area contributed by atoms with E-state index in [0.29, 0.717) is 12.2 Å². The smallest absolute Gasteiger partial charge is 0.244 e. The van der Waals surface area contributed by atoms with Gasteiger partial charge in [-0.1, -0.05) is 12.1 Å². The standard InChI is InChI=1S/C11H8ClN5/c12-11-16-10(7-14-17-11)15-9-3-1-8(2-4-9)5-6-13/h1-4,7H,5H2,(H,15,16,17). The third-order valence-electron chi connectivity index (χ3n) is 2.04. The van der Waals surface area contributed by atoms with Gasteiger partial charge in [0.05, 0.1) is 18.7 Å². The van der Waals surface area contributed by atoms with Gasteiger partial charge in [-0.25, -0.2) is 0 Å². The summed E-state index contributed by atoms with van der Waals surface area (Å²) in [6.45, 7) is 0. The van der Waals surface area contributed by atoms with Crippen molar-refractivity contribution in [2.24, 2.45) is 0 Å². The number of nitrogens with zero attached hydrogens (tertiary/aromatic N) is 4. The van der Waals surface area contributed by atoms with Crippen LogP contribution in [0, 0.1) is 11.3 Å². The van der Waals surface area contributed by atoms with E-state index in [1.54, 1.807) is 0 Å². The summed E-state index contributed by atoms with van der Waals surface area (Å²) in [5, 5.41) is 18.9. The van der Waals surface area contributed by atoms with E-state index in [4.69, 9.17) is 16.9 Å². The largest absolute Gasteiger partial charge is 0.339 e. The molecule has 0 saturated heterocycles. The van der Waals surface area contributed by atoms with Gasteiger partial charge in [-0.2, -0.15) is 15.3 Å². The Hall–Kier alpha value is -2.19. The minimum Gasteiger partial charge on any atom is -0.339 e. The zero-order valence-corrected chi connectivity index (χ0v) is 9.52. The predicted molar refractivity (Wildman–Crippen MR) is 63.9 cm³/mol. The summed E-state index contributed by atoms with van der Waals surface area (Å²) in [5.74, 6) is 0.526. The summed E-state index contributed by atoms with van der Waals surface area (Å²) in [6.07, 6.45) is 1.89. The second-order valence-corrected chi connectivity index (χ2v) is 3.61. The number of hydrogen-bond donors (Lipinski definition) is 1. The van der Waals surface area contributed by atoms with Crippen LogP contribution < -0.4 is 5.32 Å². The lowest BCUT2D eigenvalue weighted by atomic mass is 10.1. The molecule has 5 nitrogen and oxygen atoms in total. The van der Waals surface area contributed by atoms with Crippen molar-refractivity contribution in [2.75, 3.05) is 5.32 Å². The van der Waals surface area contributed by atoms with Crippen LogP contribution in [0.15, 0.2) is 30.5 Å². The summed E-state index contributed by atoms with van der Waals surface area (Å²) in [4.78, 5) is 3.96. The molecule has 1 heterocycles. The van der Waals surface area contributed by atoms with E-state index >= 15 is 0 Å². The van der Waals surface area contributed by atoms with Gasteiger partial charge in [-0.15, -0.1) is 5.10 Å². The first-order valence-electron chi connectivity index (χ1n) is 4.86. The average molecular weight is 246 g/mol. The number of halogens is 1. The van der Waals surface area contributed by atoms with Crippen molar-refractivity contribution in [1.82, 2.24) is 15.2 Å². The van der Waals surface area contributed by atoms with Crippen LogP contribution in [-0.2, 0) is 6.42 Å². The number of hydrogen-bond acceptors (Lipinski definition) is 5. The molecule has 84 valence electrons. The normalized spacial score (nSPS) is 9.65. The summed E-state index contributed by atoms with van der Waals surface area (Å²) >= 11 is 5.62. The van der Waals surface area contributed by atoms with Crippen LogP contribution in [0.5, 0.6) is 0 Å². The van der Waals surface area contributed by atoms with Gasteiger partial charge < -0.3 is 5.32 Å². The maximum Gasteiger partial charge on any atom is 0.244 e. The van der Waals surface area contributed by atoms with Gasteiger partial charge in [-0.05, 0) is 29.3 Å². The van der Waals surface area contributed by atoms with Crippen molar-refractivity contribution < 1.29 is 0 Å². The Labute approximate surface area is 103 Å². The molecule has 0 atom stereocenters. The number of benzene rings is 1. The SMILES string of the molecule is N#CCc1ccc(Nc2cnnc(Cl)n2)cc1. The predicted octanol–water partition coefficient (Wildman–Crippen LogP) is 2.33. The molecule has 1 aromatic heterocycles. The summed E-state index contributed by atoms with van der Waals surface area (Å²) in [7, 11) is 0. The zero-order valence-electron chi connectivity index (χ0n) is 8.76. The van der Waals surface area contributed by atoms with E-state index in [2.05, 4.69) is 26.6 Å². The third kappa shape index (κ3) is 3.13. The van der Waals surface area contributed by atoms with Crippen molar-refractivity contribution in [2.45, 2.75) is 6.42 Å². The molecule has 0 saturated carbocycles. The molecule has 0 aliphatic rings. The van der Waals surface area contributed by atoms with Gasteiger partial charge in [-0.3, -0.25) is 0 Å². The Morgan fingerprint density at radius 1 is 1.29 bits per heavy atom. The van der Waals surface area contributed by atoms with Crippen molar-refractivity contribution in [1.29, 1.82) is 5.26 Å². The van der Waals surface area contributed by atoms with Crippen molar-refractivity contribution in [3.63, 3.8) is 0 Å². The Kier molecular flexibility index (Phi) is 3.48. The second kappa shape index (κ2) is 5.23. The molecule has 0 aliphatic heterocycles. The minimum atomic E-state index is 0.0936. The topological polar surface area (TPSA) is 74.5 Å². The van der Waals surface area contributed by atoms with Crippen LogP contribution in [0.2, 0.25) is 5.28 Å². The quantitative estimate of drug-likeness (QED) is 0.898. The lowest BCUT2D eigenvalue weighted by Crippen LogP contribution is -1.96. The van der Waals surface area contributed by atoms with E-state index in [0.717, 1.165) is 11.3 Å². The molecule has 0 radical (unpaired) electrons. The molecular formula is C11H8ClN5. The maximum absolute atomic E-state index is 8.55. The third-order valence-corrected chi connectivity index (χ3v) is 2.20. The zero-order chi connectivity index (χ0) is 12.1. The molecular weight excluding hydrogens is 238 g/mol. The van der Waals surface area contributed by atoms with Gasteiger partial charge in [0.25, 0.3) is 0 Å². The Balaban J connectivity index is 2.11. The summed E-state index contributed by atoms with van der Waals surface area (Å²) in [5.41, 5.74) is 1.82. The molecule has 6 heteroatoms. The highest BCUT2D eigenvalue weighted by molar-refractivity contribution is 6.28. The van der Waals surface area contributed by atoms with Crippen LogP contribution >= 0.6 is 11.6 Å². The van der Waals surface area contributed by atoms with Gasteiger partial charge >= 0.3 is 0 Å². The van der Waals surface area contributed by atoms with Crippen LogP contribution in [-0.4, -0.2) is 15.2 Å². The maximum atomic E-state index is 8.55. The molecule has 0 amide bonds. The van der Waals surface area contributed by atoms with Crippen LogP contribution in [0.1, 0.15) is 5.56 Å². The molecule has 2 rings (SSSR count). The monoisotopic (exact) mass is 245 g/mol. The summed E-state index contributed by atoms with van der Waals surface area (Å²) in [6, 6.07) is 9.57. The van der Waals surface area contributed by atoms with E-state index in [1.165, 1.54) is 6.20 Å². The Bertz CT molecular complexity index is 547. The highest BCUT2D eigenvalue weighted by atomic mass is 35.5. The first-order chi connectivity index (χ1) is 8.28. The molecule has 0 bridgehead atoms. The summed E-state index contributed by atoms with van der Waals surface area (Å²) < 4.78 is 0. The molecule has 0 unspecified atom stereocenters. The van der Waals surface area contributed by atoms with Gasteiger partial charge in [0.2, 0.25) is 5.28 Å². The minimum absolute atomic E-state index is 0.0936. The number of nitrogens with one attached hydrogen (secondary N) is 1. The van der Waals surface area contributed by atoms with Gasteiger partial charge in [0.15, 0.2) is 5.82 Å². The van der Waals surface area contributed by atoms with Crippen LogP contribution in [0.3, 0.4) is 0 Å². The highest BCUT2D eigenvalue weighted by Gasteiger charge is 1.99. The van der Waals surface area contributed by atoms with Crippen molar-refractivity contribution in [3.8, 4) is 6.07 Å². The van der Waals surface area contributed by atoms with Gasteiger partial charge in [0.1, 0.15) is 0 Å². The van der Waals surface area contributed by atoms with E-state index in [-0.39, 0.29) is 5.28 Å². The molecule has 1 aromatic carbocycles. The average Bonchev–Trinajstić information content (AvgIpc) is 2.32. The second-order valence-electron chi connectivity index (χ2n) is 3.27. The Morgan fingerprint density at radius 2 is 2.06 bits per heavy atom. The first kappa shape index (κ1) is 11.3. The molecule has 1 N–H and O–H groups in total. The number of nitriles is 1. The van der Waals surface area contributed by atoms with E-state index in [1.807, 2.05) is 24.3 Å². The van der Waals surface area contributed by atoms with E-state index in [9.17, 15) is 0 Å². The fourth-order valence-electron chi connectivity index (χ4n) is 1.29. The molecule has 0 aliphatic carbocycles. The number of anilines is 2.